The van der Waals surface area contributed by atoms with Gasteiger partial charge in [-0.15, -0.1) is 0 Å². The highest BCUT2D eigenvalue weighted by molar-refractivity contribution is 6.33. The Labute approximate surface area is 93.5 Å². The topological polar surface area (TPSA) is 78.8 Å². The van der Waals surface area contributed by atoms with Crippen LogP contribution in [0.5, 0.6) is 5.75 Å². The summed E-state index contributed by atoms with van der Waals surface area (Å²) >= 11 is 0. The van der Waals surface area contributed by atoms with Gasteiger partial charge in [0, 0.05) is 17.3 Å². The monoisotopic (exact) mass is 221 g/mol. The lowest BCUT2D eigenvalue weighted by molar-refractivity contribution is -0.112. The average Bonchev–Trinajstić information content (AvgIpc) is 2.16. The highest BCUT2D eigenvalue weighted by Gasteiger charge is 2.11. The fraction of sp³-hybridized carbons (Fsp3) is 0.100. The molecule has 1 aromatic rings. The number of carbonyl (C=O) groups excluding carboxylic acids is 1. The molecule has 0 aliphatic carbocycles. The molecule has 6 heteroatoms. The summed E-state index contributed by atoms with van der Waals surface area (Å²) in [6.07, 6.45) is 0. The van der Waals surface area contributed by atoms with Crippen molar-refractivity contribution in [2.45, 2.75) is 6.92 Å². The second kappa shape index (κ2) is 5.34. The Hall–Kier alpha value is -1.79. The van der Waals surface area contributed by atoms with Gasteiger partial charge in [0.1, 0.15) is 5.75 Å². The standard InChI is InChI=1S/C10H12BNO4/c1-7(2)10(13)12-8-4-3-5-9(6-8)16-11(14)15/h3-6,14-15H,1H2,2H3,(H,12,13). The molecule has 1 aromatic carbocycles. The maximum Gasteiger partial charge on any atom is 0.707 e. The van der Waals surface area contributed by atoms with Gasteiger partial charge in [-0.05, 0) is 19.1 Å². The molecular formula is C10H12BNO4. The van der Waals surface area contributed by atoms with Gasteiger partial charge in [-0.2, -0.15) is 0 Å². The fourth-order valence-electron chi connectivity index (χ4n) is 1.01. The third-order valence-corrected chi connectivity index (χ3v) is 1.72. The summed E-state index contributed by atoms with van der Waals surface area (Å²) in [5.74, 6) is -0.0591. The van der Waals surface area contributed by atoms with Crippen LogP contribution >= 0.6 is 0 Å². The molecule has 84 valence electrons. The second-order valence-corrected chi connectivity index (χ2v) is 3.21. The van der Waals surface area contributed by atoms with Crippen LogP contribution in [0.15, 0.2) is 36.4 Å². The molecule has 1 rings (SSSR count). The first-order valence-corrected chi connectivity index (χ1v) is 4.59. The number of carbonyl (C=O) groups is 1. The SMILES string of the molecule is C=C(C)C(=O)Nc1cccc(OB(O)O)c1. The molecule has 0 aromatic heterocycles. The molecule has 0 heterocycles. The van der Waals surface area contributed by atoms with E-state index in [1.165, 1.54) is 12.1 Å². The lowest BCUT2D eigenvalue weighted by atomic mass is 10.2. The maximum absolute atomic E-state index is 11.3. The Morgan fingerprint density at radius 3 is 2.75 bits per heavy atom. The Balaban J connectivity index is 2.74. The second-order valence-electron chi connectivity index (χ2n) is 3.21. The van der Waals surface area contributed by atoms with Crippen molar-refractivity contribution in [3.8, 4) is 5.75 Å². The van der Waals surface area contributed by atoms with E-state index in [2.05, 4.69) is 16.6 Å². The third-order valence-electron chi connectivity index (χ3n) is 1.72. The van der Waals surface area contributed by atoms with Crippen LogP contribution in [0.1, 0.15) is 6.92 Å². The van der Waals surface area contributed by atoms with E-state index in [4.69, 9.17) is 10.0 Å². The smallest absolute Gasteiger partial charge is 0.512 e. The van der Waals surface area contributed by atoms with Gasteiger partial charge < -0.3 is 20.0 Å². The number of anilines is 1. The van der Waals surface area contributed by atoms with Crippen molar-refractivity contribution < 1.29 is 19.5 Å². The van der Waals surface area contributed by atoms with E-state index < -0.39 is 7.32 Å². The van der Waals surface area contributed by atoms with Gasteiger partial charge in [-0.25, -0.2) is 0 Å². The normalized spacial score (nSPS) is 9.44. The van der Waals surface area contributed by atoms with Crippen molar-refractivity contribution in [3.63, 3.8) is 0 Å². The van der Waals surface area contributed by atoms with Crippen LogP contribution in [0, 0.1) is 0 Å². The molecule has 0 unspecified atom stereocenters. The van der Waals surface area contributed by atoms with E-state index in [9.17, 15) is 4.79 Å². The van der Waals surface area contributed by atoms with Crippen molar-refractivity contribution in [1.82, 2.24) is 0 Å². The molecule has 0 radical (unpaired) electrons. The zero-order valence-electron chi connectivity index (χ0n) is 8.80. The van der Waals surface area contributed by atoms with Gasteiger partial charge in [0.15, 0.2) is 0 Å². The molecule has 3 N–H and O–H groups in total. The summed E-state index contributed by atoms with van der Waals surface area (Å²) in [6, 6.07) is 6.28. The summed E-state index contributed by atoms with van der Waals surface area (Å²) in [5.41, 5.74) is 0.875. The van der Waals surface area contributed by atoms with Gasteiger partial charge in [-0.1, -0.05) is 12.6 Å². The average molecular weight is 221 g/mol. The van der Waals surface area contributed by atoms with Crippen molar-refractivity contribution in [1.29, 1.82) is 0 Å². The zero-order valence-corrected chi connectivity index (χ0v) is 8.80. The van der Waals surface area contributed by atoms with E-state index in [0.29, 0.717) is 11.3 Å². The van der Waals surface area contributed by atoms with Gasteiger partial charge in [0.25, 0.3) is 5.91 Å². The van der Waals surface area contributed by atoms with E-state index >= 15 is 0 Å². The molecule has 0 bridgehead atoms. The van der Waals surface area contributed by atoms with Crippen molar-refractivity contribution in [2.75, 3.05) is 5.32 Å². The van der Waals surface area contributed by atoms with Crippen LogP contribution in [-0.2, 0) is 4.79 Å². The molecule has 16 heavy (non-hydrogen) atoms. The first-order valence-electron chi connectivity index (χ1n) is 4.59. The van der Waals surface area contributed by atoms with Gasteiger partial charge in [0.2, 0.25) is 0 Å². The molecule has 0 spiro atoms. The van der Waals surface area contributed by atoms with E-state index in [0.717, 1.165) is 0 Å². The van der Waals surface area contributed by atoms with E-state index in [-0.39, 0.29) is 11.7 Å². The maximum atomic E-state index is 11.3. The van der Waals surface area contributed by atoms with Crippen LogP contribution < -0.4 is 9.97 Å². The van der Waals surface area contributed by atoms with Crippen LogP contribution in [-0.4, -0.2) is 23.3 Å². The first kappa shape index (κ1) is 12.3. The Morgan fingerprint density at radius 1 is 1.50 bits per heavy atom. The van der Waals surface area contributed by atoms with Crippen LogP contribution in [0.2, 0.25) is 0 Å². The molecule has 0 aliphatic rings. The fourth-order valence-corrected chi connectivity index (χ4v) is 1.01. The Morgan fingerprint density at radius 2 is 2.19 bits per heavy atom. The Kier molecular flexibility index (Phi) is 4.10. The number of hydrogen-bond donors (Lipinski definition) is 3. The quantitative estimate of drug-likeness (QED) is 0.512. The lowest BCUT2D eigenvalue weighted by Crippen LogP contribution is -2.20. The largest absolute Gasteiger partial charge is 0.707 e. The summed E-state index contributed by atoms with van der Waals surface area (Å²) < 4.78 is 4.63. The molecule has 0 fully saturated rings. The molecule has 0 saturated carbocycles. The highest BCUT2D eigenvalue weighted by Crippen LogP contribution is 2.17. The number of nitrogens with one attached hydrogen (secondary N) is 1. The summed E-state index contributed by atoms with van der Waals surface area (Å²) in [6.45, 7) is 5.09. The third kappa shape index (κ3) is 3.76. The van der Waals surface area contributed by atoms with Gasteiger partial charge in [0.05, 0.1) is 0 Å². The van der Waals surface area contributed by atoms with Crippen LogP contribution in [0.3, 0.4) is 0 Å². The lowest BCUT2D eigenvalue weighted by Gasteiger charge is -2.08. The minimum Gasteiger partial charge on any atom is -0.512 e. The predicted octanol–water partition coefficient (Wildman–Crippen LogP) is 0.549. The van der Waals surface area contributed by atoms with Crippen molar-refractivity contribution in [2.24, 2.45) is 0 Å². The highest BCUT2D eigenvalue weighted by atomic mass is 16.6. The first-order chi connectivity index (χ1) is 7.49. The van der Waals surface area contributed by atoms with Crippen LogP contribution in [0.25, 0.3) is 0 Å². The molecule has 1 amide bonds. The number of amides is 1. The van der Waals surface area contributed by atoms with Gasteiger partial charge >= 0.3 is 7.32 Å². The Bertz CT molecular complexity index is 406. The zero-order chi connectivity index (χ0) is 12.1. The van der Waals surface area contributed by atoms with E-state index in [1.807, 2.05) is 0 Å². The summed E-state index contributed by atoms with van der Waals surface area (Å²) in [4.78, 5) is 11.3. The molecule has 0 aliphatic heterocycles. The molecule has 0 saturated heterocycles. The molecule has 0 atom stereocenters. The number of rotatable bonds is 4. The minimum absolute atomic E-state index is 0.245. The summed E-state index contributed by atoms with van der Waals surface area (Å²) in [5, 5.41) is 19.8. The van der Waals surface area contributed by atoms with Crippen LogP contribution in [0.4, 0.5) is 5.69 Å². The number of hydrogen-bond acceptors (Lipinski definition) is 4. The van der Waals surface area contributed by atoms with Gasteiger partial charge in [-0.3, -0.25) is 4.79 Å². The minimum atomic E-state index is -1.88. The van der Waals surface area contributed by atoms with E-state index in [1.54, 1.807) is 19.1 Å². The number of benzene rings is 1. The predicted molar refractivity (Wildman–Crippen MR) is 60.7 cm³/mol. The van der Waals surface area contributed by atoms with Crippen molar-refractivity contribution in [3.05, 3.63) is 36.4 Å². The molecular weight excluding hydrogens is 209 g/mol. The molecule has 5 nitrogen and oxygen atoms in total. The van der Waals surface area contributed by atoms with Crippen molar-refractivity contribution >= 4 is 18.9 Å². The summed E-state index contributed by atoms with van der Waals surface area (Å²) in [7, 11) is -1.88.